The monoisotopic (exact) mass is 432 g/mol. The highest BCUT2D eigenvalue weighted by atomic mass is 32.2. The Balaban J connectivity index is 1.15. The first-order valence-corrected chi connectivity index (χ1v) is 10.4. The average molecular weight is 432 g/mol. The van der Waals surface area contributed by atoms with Gasteiger partial charge in [-0.1, -0.05) is 42.1 Å². The topological polar surface area (TPSA) is 123 Å². The van der Waals surface area contributed by atoms with Gasteiger partial charge in [0.05, 0.1) is 18.6 Å². The van der Waals surface area contributed by atoms with E-state index in [2.05, 4.69) is 30.7 Å². The predicted molar refractivity (Wildman–Crippen MR) is 114 cm³/mol. The van der Waals surface area contributed by atoms with Crippen LogP contribution in [0.5, 0.6) is 0 Å². The van der Waals surface area contributed by atoms with Gasteiger partial charge in [-0.05, 0) is 35.0 Å². The van der Waals surface area contributed by atoms with Gasteiger partial charge < -0.3 is 14.2 Å². The highest BCUT2D eigenvalue weighted by Crippen LogP contribution is 2.26. The fourth-order valence-corrected chi connectivity index (χ4v) is 3.55. The van der Waals surface area contributed by atoms with E-state index >= 15 is 0 Å². The van der Waals surface area contributed by atoms with Crippen LogP contribution in [0.4, 0.5) is 0 Å². The zero-order valence-electron chi connectivity index (χ0n) is 16.1. The van der Waals surface area contributed by atoms with E-state index < -0.39 is 0 Å². The molecule has 2 aromatic carbocycles. The number of carbonyl (C=O) groups excluding carboxylic acids is 1. The summed E-state index contributed by atoms with van der Waals surface area (Å²) in [4.78, 5) is 16.4. The average Bonchev–Trinajstić information content (AvgIpc) is 3.57. The fraction of sp³-hybridized carbons (Fsp3) is 0.0952. The molecule has 31 heavy (non-hydrogen) atoms. The summed E-state index contributed by atoms with van der Waals surface area (Å²) in [5, 5.41) is 20.3. The van der Waals surface area contributed by atoms with E-state index in [1.807, 2.05) is 42.5 Å². The summed E-state index contributed by atoms with van der Waals surface area (Å²) in [6, 6.07) is 17.5. The molecule has 5 rings (SSSR count). The zero-order valence-corrected chi connectivity index (χ0v) is 16.9. The highest BCUT2D eigenvalue weighted by Gasteiger charge is 2.13. The number of thioether (sulfide) groups is 1. The van der Waals surface area contributed by atoms with Crippen LogP contribution in [0, 0.1) is 0 Å². The molecule has 0 aliphatic rings. The maximum absolute atomic E-state index is 12.1. The van der Waals surface area contributed by atoms with E-state index in [0.29, 0.717) is 28.5 Å². The minimum Gasteiger partial charge on any atom is -0.461 e. The Morgan fingerprint density at radius 3 is 2.84 bits per heavy atom. The van der Waals surface area contributed by atoms with Gasteiger partial charge in [-0.25, -0.2) is 4.98 Å². The second-order valence-corrected chi connectivity index (χ2v) is 7.51. The van der Waals surface area contributed by atoms with Crippen molar-refractivity contribution in [2.45, 2.75) is 11.8 Å². The van der Waals surface area contributed by atoms with E-state index in [1.165, 1.54) is 11.8 Å². The number of furan rings is 1. The Bertz CT molecular complexity index is 1330. The number of aromatic nitrogens is 5. The first-order valence-electron chi connectivity index (χ1n) is 9.42. The van der Waals surface area contributed by atoms with Crippen LogP contribution in [0.15, 0.2) is 74.9 Å². The number of hydrogen-bond acceptors (Lipinski definition) is 8. The number of nitrogens with zero attached hydrogens (tertiary/aromatic N) is 4. The van der Waals surface area contributed by atoms with Gasteiger partial charge >= 0.3 is 0 Å². The van der Waals surface area contributed by atoms with Crippen LogP contribution in [0.25, 0.3) is 33.8 Å². The van der Waals surface area contributed by atoms with Crippen molar-refractivity contribution in [2.24, 2.45) is 0 Å². The van der Waals surface area contributed by atoms with Gasteiger partial charge in [-0.15, -0.1) is 15.3 Å². The van der Waals surface area contributed by atoms with Crippen molar-refractivity contribution in [3.05, 3.63) is 66.7 Å². The fourth-order valence-electron chi connectivity index (χ4n) is 2.96. The number of amides is 1. The van der Waals surface area contributed by atoms with Gasteiger partial charge in [-0.3, -0.25) is 9.89 Å². The summed E-state index contributed by atoms with van der Waals surface area (Å²) in [7, 11) is 0. The van der Waals surface area contributed by atoms with E-state index in [1.54, 1.807) is 18.4 Å². The number of aromatic amines is 1. The second-order valence-electron chi connectivity index (χ2n) is 6.58. The van der Waals surface area contributed by atoms with Crippen LogP contribution in [0.1, 0.15) is 5.82 Å². The molecule has 154 valence electrons. The molecule has 3 heterocycles. The number of benzene rings is 2. The molecule has 5 aromatic rings. The zero-order chi connectivity index (χ0) is 21.0. The molecule has 0 radical (unpaired) electrons. The van der Waals surface area contributed by atoms with Crippen LogP contribution in [-0.4, -0.2) is 37.0 Å². The summed E-state index contributed by atoms with van der Waals surface area (Å²) in [5.41, 5.74) is 0.834. The van der Waals surface area contributed by atoms with Crippen molar-refractivity contribution in [1.29, 1.82) is 0 Å². The van der Waals surface area contributed by atoms with Crippen molar-refractivity contribution in [3.63, 3.8) is 0 Å². The number of carbonyl (C=O) groups is 1. The number of rotatable bonds is 7. The van der Waals surface area contributed by atoms with Crippen LogP contribution in [0.2, 0.25) is 0 Å². The molecular weight excluding hydrogens is 416 g/mol. The standard InChI is InChI=1S/C21H16N6O3S/c28-18(22-11-17-23-19(25-24-17)16-6-3-9-29-16)12-31-21-27-26-20(30-21)15-8-7-13-4-1-2-5-14(13)10-15/h1-10H,11-12H2,(H,22,28)(H,23,24,25). The van der Waals surface area contributed by atoms with Gasteiger partial charge in [0.15, 0.2) is 5.76 Å². The third-order valence-electron chi connectivity index (χ3n) is 4.46. The highest BCUT2D eigenvalue weighted by molar-refractivity contribution is 7.99. The van der Waals surface area contributed by atoms with Crippen molar-refractivity contribution in [1.82, 2.24) is 30.7 Å². The van der Waals surface area contributed by atoms with Crippen molar-refractivity contribution in [3.8, 4) is 23.0 Å². The third kappa shape index (κ3) is 4.33. The van der Waals surface area contributed by atoms with Crippen molar-refractivity contribution >= 4 is 28.4 Å². The Hall–Kier alpha value is -3.92. The quantitative estimate of drug-likeness (QED) is 0.374. The predicted octanol–water partition coefficient (Wildman–Crippen LogP) is 3.68. The van der Waals surface area contributed by atoms with Crippen molar-refractivity contribution in [2.75, 3.05) is 5.75 Å². The molecule has 2 N–H and O–H groups in total. The second kappa shape index (κ2) is 8.44. The minimum absolute atomic E-state index is 0.137. The first kappa shape index (κ1) is 19.1. The molecular formula is C21H16N6O3S. The van der Waals surface area contributed by atoms with Gasteiger partial charge in [0.2, 0.25) is 17.6 Å². The van der Waals surface area contributed by atoms with E-state index in [-0.39, 0.29) is 18.2 Å². The SMILES string of the molecule is O=C(CSc1nnc(-c2ccc3ccccc3c2)o1)NCc1nc(-c2ccco2)n[nH]1. The largest absolute Gasteiger partial charge is 0.461 e. The van der Waals surface area contributed by atoms with Crippen LogP contribution >= 0.6 is 11.8 Å². The molecule has 0 atom stereocenters. The number of fused-ring (bicyclic) bond motifs is 1. The summed E-state index contributed by atoms with van der Waals surface area (Å²) < 4.78 is 10.9. The summed E-state index contributed by atoms with van der Waals surface area (Å²) in [6.45, 7) is 0.222. The van der Waals surface area contributed by atoms with E-state index in [0.717, 1.165) is 16.3 Å². The first-order chi connectivity index (χ1) is 15.2. The Morgan fingerprint density at radius 1 is 1.06 bits per heavy atom. The minimum atomic E-state index is -0.189. The molecule has 0 bridgehead atoms. The number of hydrogen-bond donors (Lipinski definition) is 2. The normalized spacial score (nSPS) is 11.1. The van der Waals surface area contributed by atoms with Gasteiger partial charge in [0.1, 0.15) is 5.82 Å². The van der Waals surface area contributed by atoms with Gasteiger partial charge in [0, 0.05) is 5.56 Å². The van der Waals surface area contributed by atoms with Crippen LogP contribution in [0.3, 0.4) is 0 Å². The molecule has 0 aliphatic heterocycles. The van der Waals surface area contributed by atoms with Crippen molar-refractivity contribution < 1.29 is 13.6 Å². The Morgan fingerprint density at radius 2 is 1.97 bits per heavy atom. The number of nitrogens with one attached hydrogen (secondary N) is 2. The molecule has 3 aromatic heterocycles. The van der Waals surface area contributed by atoms with E-state index in [9.17, 15) is 4.79 Å². The lowest BCUT2D eigenvalue weighted by Crippen LogP contribution is -2.25. The molecule has 0 unspecified atom stereocenters. The van der Waals surface area contributed by atoms with Crippen LogP contribution < -0.4 is 5.32 Å². The lowest BCUT2D eigenvalue weighted by Gasteiger charge is -2.01. The lowest BCUT2D eigenvalue weighted by atomic mass is 10.1. The Kier molecular flexibility index (Phi) is 5.19. The molecule has 9 nitrogen and oxygen atoms in total. The molecule has 0 spiro atoms. The molecule has 0 fully saturated rings. The molecule has 0 saturated carbocycles. The van der Waals surface area contributed by atoms with Gasteiger partial charge in [-0.2, -0.15) is 0 Å². The summed E-state index contributed by atoms with van der Waals surface area (Å²) >= 11 is 1.17. The molecule has 0 aliphatic carbocycles. The lowest BCUT2D eigenvalue weighted by molar-refractivity contribution is -0.118. The van der Waals surface area contributed by atoms with E-state index in [4.69, 9.17) is 8.83 Å². The maximum atomic E-state index is 12.1. The molecule has 10 heteroatoms. The Labute approximate surface area is 180 Å². The van der Waals surface area contributed by atoms with Crippen LogP contribution in [-0.2, 0) is 11.3 Å². The molecule has 1 amide bonds. The maximum Gasteiger partial charge on any atom is 0.277 e. The third-order valence-corrected chi connectivity index (χ3v) is 5.27. The number of H-pyrrole nitrogens is 1. The molecule has 0 saturated heterocycles. The smallest absolute Gasteiger partial charge is 0.277 e. The van der Waals surface area contributed by atoms with Gasteiger partial charge in [0.25, 0.3) is 5.22 Å². The summed E-state index contributed by atoms with van der Waals surface area (Å²) in [6.07, 6.45) is 1.55. The summed E-state index contributed by atoms with van der Waals surface area (Å²) in [5.74, 6) is 1.89.